The van der Waals surface area contributed by atoms with Gasteiger partial charge in [0, 0.05) is 24.2 Å². The second kappa shape index (κ2) is 9.50. The second-order valence-corrected chi connectivity index (χ2v) is 11.1. The minimum atomic E-state index is -4.43. The summed E-state index contributed by atoms with van der Waals surface area (Å²) in [6.07, 6.45) is 0.0657. The summed E-state index contributed by atoms with van der Waals surface area (Å²) in [7, 11) is 0. The zero-order chi connectivity index (χ0) is 28.2. The molecule has 0 saturated heterocycles. The van der Waals surface area contributed by atoms with Gasteiger partial charge in [0.15, 0.2) is 0 Å². The van der Waals surface area contributed by atoms with Crippen molar-refractivity contribution in [2.45, 2.75) is 44.4 Å². The molecule has 1 spiro atoms. The van der Waals surface area contributed by atoms with Crippen molar-refractivity contribution in [1.29, 1.82) is 0 Å². The van der Waals surface area contributed by atoms with Gasteiger partial charge in [-0.2, -0.15) is 13.2 Å². The smallest absolute Gasteiger partial charge is 0.416 e. The largest absolute Gasteiger partial charge is 0.481 e. The molecule has 1 aromatic heterocycles. The van der Waals surface area contributed by atoms with Gasteiger partial charge in [0.05, 0.1) is 22.6 Å². The maximum Gasteiger partial charge on any atom is 0.416 e. The van der Waals surface area contributed by atoms with Crippen LogP contribution >= 0.6 is 0 Å². The highest BCUT2D eigenvalue weighted by Gasteiger charge is 2.55. The van der Waals surface area contributed by atoms with Crippen LogP contribution in [0.15, 0.2) is 72.9 Å². The predicted molar refractivity (Wildman–Crippen MR) is 141 cm³/mol. The number of halogens is 4. The molecule has 0 unspecified atom stereocenters. The number of nitrogens with zero attached hydrogens (tertiary/aromatic N) is 1. The molecule has 9 heteroatoms. The zero-order valence-corrected chi connectivity index (χ0v) is 21.3. The number of alkyl halides is 3. The van der Waals surface area contributed by atoms with E-state index in [1.54, 1.807) is 24.4 Å². The third-order valence-electron chi connectivity index (χ3n) is 8.30. The summed E-state index contributed by atoms with van der Waals surface area (Å²) in [6, 6.07) is 16.4. The first kappa shape index (κ1) is 26.1. The number of aliphatic carboxylic acids is 1. The van der Waals surface area contributed by atoms with Crippen molar-refractivity contribution in [3.05, 3.63) is 95.4 Å². The summed E-state index contributed by atoms with van der Waals surface area (Å²) in [5, 5.41) is 13.0. The molecule has 1 heterocycles. The van der Waals surface area contributed by atoms with Gasteiger partial charge in [0.25, 0.3) is 5.91 Å². The fourth-order valence-electron chi connectivity index (χ4n) is 6.33. The van der Waals surface area contributed by atoms with Crippen LogP contribution in [0.1, 0.15) is 47.2 Å². The van der Waals surface area contributed by atoms with Gasteiger partial charge in [-0.05, 0) is 90.3 Å². The topological polar surface area (TPSA) is 71.3 Å². The van der Waals surface area contributed by atoms with E-state index < -0.39 is 23.5 Å². The average Bonchev–Trinajstić information content (AvgIpc) is 3.26. The minimum absolute atomic E-state index is 0.0114. The Labute approximate surface area is 227 Å². The molecule has 0 bridgehead atoms. The normalized spacial score (nSPS) is 22.1. The van der Waals surface area contributed by atoms with Gasteiger partial charge < -0.3 is 15.0 Å². The van der Waals surface area contributed by atoms with Crippen LogP contribution in [0.3, 0.4) is 0 Å². The molecule has 6 rings (SSSR count). The lowest BCUT2D eigenvalue weighted by molar-refractivity contribution is -0.155. The molecule has 2 fully saturated rings. The molecule has 0 atom stereocenters. The van der Waals surface area contributed by atoms with E-state index in [0.29, 0.717) is 40.6 Å². The average molecular weight is 551 g/mol. The first-order chi connectivity index (χ1) is 19.0. The van der Waals surface area contributed by atoms with E-state index in [1.165, 1.54) is 24.3 Å². The SMILES string of the molecule is O=C(NC1CC2(C1)CC(C(=O)O)C2)c1cc(-c2cccc(F)c2)cc2ccn(Cc3ccc(C(F)(F)F)cc3)c12. The van der Waals surface area contributed by atoms with Crippen molar-refractivity contribution in [2.75, 3.05) is 0 Å². The summed E-state index contributed by atoms with van der Waals surface area (Å²) in [5.41, 5.74) is 2.19. The number of hydrogen-bond acceptors (Lipinski definition) is 2. The summed E-state index contributed by atoms with van der Waals surface area (Å²) >= 11 is 0. The first-order valence-corrected chi connectivity index (χ1v) is 13.1. The van der Waals surface area contributed by atoms with E-state index in [1.807, 2.05) is 16.7 Å². The van der Waals surface area contributed by atoms with E-state index in [9.17, 15) is 32.3 Å². The Hall–Kier alpha value is -4.14. The second-order valence-electron chi connectivity index (χ2n) is 11.1. The number of amides is 1. The van der Waals surface area contributed by atoms with Gasteiger partial charge >= 0.3 is 12.1 Å². The van der Waals surface area contributed by atoms with Crippen LogP contribution in [0, 0.1) is 17.2 Å². The monoisotopic (exact) mass is 550 g/mol. The maximum atomic E-state index is 14.0. The number of nitrogens with one attached hydrogen (secondary N) is 1. The van der Waals surface area contributed by atoms with E-state index in [-0.39, 0.29) is 29.8 Å². The van der Waals surface area contributed by atoms with E-state index >= 15 is 0 Å². The van der Waals surface area contributed by atoms with Crippen molar-refractivity contribution >= 4 is 22.8 Å². The predicted octanol–water partition coefficient (Wildman–Crippen LogP) is 6.89. The Morgan fingerprint density at radius 1 is 0.950 bits per heavy atom. The number of hydrogen-bond donors (Lipinski definition) is 2. The van der Waals surface area contributed by atoms with Crippen molar-refractivity contribution in [3.8, 4) is 11.1 Å². The lowest BCUT2D eigenvalue weighted by Gasteiger charge is -2.56. The van der Waals surface area contributed by atoms with E-state index in [0.717, 1.165) is 30.4 Å². The van der Waals surface area contributed by atoms with Gasteiger partial charge in [-0.3, -0.25) is 9.59 Å². The number of carbonyl (C=O) groups is 2. The lowest BCUT2D eigenvalue weighted by Crippen LogP contribution is -2.57. The van der Waals surface area contributed by atoms with Gasteiger partial charge in [-0.25, -0.2) is 4.39 Å². The van der Waals surface area contributed by atoms with Crippen LogP contribution < -0.4 is 5.32 Å². The van der Waals surface area contributed by atoms with Crippen molar-refractivity contribution in [2.24, 2.45) is 11.3 Å². The molecule has 2 aliphatic carbocycles. The van der Waals surface area contributed by atoms with Crippen LogP contribution in [0.4, 0.5) is 17.6 Å². The lowest BCUT2D eigenvalue weighted by atomic mass is 9.50. The molecule has 206 valence electrons. The van der Waals surface area contributed by atoms with E-state index in [4.69, 9.17) is 0 Å². The number of aromatic nitrogens is 1. The molecule has 4 aromatic rings. The van der Waals surface area contributed by atoms with Crippen molar-refractivity contribution < 1.29 is 32.3 Å². The Kier molecular flexibility index (Phi) is 6.20. The number of rotatable bonds is 6. The van der Waals surface area contributed by atoms with Crippen LogP contribution in [0.5, 0.6) is 0 Å². The zero-order valence-electron chi connectivity index (χ0n) is 21.3. The van der Waals surface area contributed by atoms with Gasteiger partial charge in [0.1, 0.15) is 5.82 Å². The Morgan fingerprint density at radius 2 is 1.68 bits per heavy atom. The molecular formula is C31H26F4N2O3. The highest BCUT2D eigenvalue weighted by atomic mass is 19.4. The summed E-state index contributed by atoms with van der Waals surface area (Å²) in [4.78, 5) is 24.8. The van der Waals surface area contributed by atoms with Crippen molar-refractivity contribution in [1.82, 2.24) is 9.88 Å². The molecule has 1 amide bonds. The first-order valence-electron chi connectivity index (χ1n) is 13.1. The highest BCUT2D eigenvalue weighted by Crippen LogP contribution is 2.58. The van der Waals surface area contributed by atoms with Crippen molar-refractivity contribution in [3.63, 3.8) is 0 Å². The third kappa shape index (κ3) is 4.85. The number of carboxylic acids is 1. The number of fused-ring (bicyclic) bond motifs is 1. The highest BCUT2D eigenvalue weighted by molar-refractivity contribution is 6.08. The molecular weight excluding hydrogens is 524 g/mol. The molecule has 40 heavy (non-hydrogen) atoms. The standard InChI is InChI=1S/C31H26F4N2O3/c32-24-3-1-2-19(11-24)21-10-20-8-9-37(17-18-4-6-23(7-5-18)31(33,34)35)27(20)26(12-21)28(38)36-25-15-30(16-25)13-22(14-30)29(39)40/h1-12,22,25H,13-17H2,(H,36,38)(H,39,40). The third-order valence-corrected chi connectivity index (χ3v) is 8.30. The Balaban J connectivity index is 1.30. The van der Waals surface area contributed by atoms with Crippen LogP contribution in [-0.2, 0) is 17.5 Å². The van der Waals surface area contributed by atoms with Crippen LogP contribution in [0.25, 0.3) is 22.0 Å². The fourth-order valence-corrected chi connectivity index (χ4v) is 6.33. The fraction of sp³-hybridized carbons (Fsp3) is 0.290. The van der Waals surface area contributed by atoms with Gasteiger partial charge in [-0.15, -0.1) is 0 Å². The number of benzene rings is 3. The Morgan fingerprint density at radius 3 is 2.33 bits per heavy atom. The Bertz CT molecular complexity index is 1610. The van der Waals surface area contributed by atoms with Gasteiger partial charge in [-0.1, -0.05) is 24.3 Å². The molecule has 2 saturated carbocycles. The van der Waals surface area contributed by atoms with Gasteiger partial charge in [0.2, 0.25) is 0 Å². The maximum absolute atomic E-state index is 14.0. The molecule has 3 aromatic carbocycles. The number of carboxylic acid groups (broad SMARTS) is 1. The molecule has 0 radical (unpaired) electrons. The summed E-state index contributed by atoms with van der Waals surface area (Å²) in [6.45, 7) is 0.254. The molecule has 0 aliphatic heterocycles. The minimum Gasteiger partial charge on any atom is -0.481 e. The molecule has 2 N–H and O–H groups in total. The van der Waals surface area contributed by atoms with Crippen LogP contribution in [0.2, 0.25) is 0 Å². The quantitative estimate of drug-likeness (QED) is 0.257. The summed E-state index contributed by atoms with van der Waals surface area (Å²) < 4.78 is 54.9. The number of carbonyl (C=O) groups excluding carboxylic acids is 1. The van der Waals surface area contributed by atoms with Crippen LogP contribution in [-0.4, -0.2) is 27.6 Å². The molecule has 5 nitrogen and oxygen atoms in total. The summed E-state index contributed by atoms with van der Waals surface area (Å²) in [5.74, 6) is -1.79. The molecule has 2 aliphatic rings. The van der Waals surface area contributed by atoms with E-state index in [2.05, 4.69) is 5.32 Å².